The number of nitrogens with one attached hydrogen (secondary N) is 2. The lowest BCUT2D eigenvalue weighted by Gasteiger charge is -2.05. The Kier molecular flexibility index (Phi) is 3.45. The summed E-state index contributed by atoms with van der Waals surface area (Å²) in [5.74, 6) is 5.00. The van der Waals surface area contributed by atoms with Crippen molar-refractivity contribution in [3.8, 4) is 0 Å². The molecule has 2 rings (SSSR count). The highest BCUT2D eigenvalue weighted by atomic mass is 35.5. The standard InChI is InChI=1S/C10H10ClN5O2/c1-5-4-18-10(13-5)15-9(17)8-6(11)2-3-7(14-8)16-12/h2-4H,12H2,1H3,(H,14,16)(H,13,15,17). The fraction of sp³-hybridized carbons (Fsp3) is 0.100. The number of amides is 1. The number of halogens is 1. The molecule has 0 saturated heterocycles. The molecule has 0 aliphatic carbocycles. The number of aryl methyl sites for hydroxylation is 1. The molecule has 0 radical (unpaired) electrons. The van der Waals surface area contributed by atoms with E-state index in [0.717, 1.165) is 0 Å². The molecule has 2 aromatic heterocycles. The van der Waals surface area contributed by atoms with Crippen molar-refractivity contribution in [2.45, 2.75) is 6.92 Å². The Morgan fingerprint density at radius 1 is 1.44 bits per heavy atom. The van der Waals surface area contributed by atoms with Gasteiger partial charge in [-0.1, -0.05) is 11.6 Å². The maximum atomic E-state index is 11.9. The molecule has 94 valence electrons. The van der Waals surface area contributed by atoms with Gasteiger partial charge in [-0.05, 0) is 19.1 Å². The number of hydrazine groups is 1. The van der Waals surface area contributed by atoms with Crippen LogP contribution in [0.1, 0.15) is 16.2 Å². The monoisotopic (exact) mass is 267 g/mol. The summed E-state index contributed by atoms with van der Waals surface area (Å²) in [5.41, 5.74) is 3.01. The van der Waals surface area contributed by atoms with Gasteiger partial charge in [-0.2, -0.15) is 4.98 Å². The zero-order chi connectivity index (χ0) is 13.1. The van der Waals surface area contributed by atoms with E-state index in [4.69, 9.17) is 21.9 Å². The number of carbonyl (C=O) groups excluding carboxylic acids is 1. The average Bonchev–Trinajstić information content (AvgIpc) is 2.75. The van der Waals surface area contributed by atoms with Crippen molar-refractivity contribution in [2.75, 3.05) is 10.7 Å². The van der Waals surface area contributed by atoms with Crippen LogP contribution in [0, 0.1) is 6.92 Å². The average molecular weight is 268 g/mol. The Morgan fingerprint density at radius 3 is 2.83 bits per heavy atom. The molecule has 8 heteroatoms. The lowest BCUT2D eigenvalue weighted by atomic mass is 10.3. The van der Waals surface area contributed by atoms with Gasteiger partial charge in [0.05, 0.1) is 10.7 Å². The Hall–Kier alpha value is -2.12. The quantitative estimate of drug-likeness (QED) is 0.576. The van der Waals surface area contributed by atoms with E-state index in [1.807, 2.05) is 0 Å². The van der Waals surface area contributed by atoms with Gasteiger partial charge in [0.1, 0.15) is 17.8 Å². The number of hydrogen-bond acceptors (Lipinski definition) is 6. The number of oxazole rings is 1. The number of hydrogen-bond donors (Lipinski definition) is 3. The number of nitrogen functional groups attached to an aromatic ring is 1. The summed E-state index contributed by atoms with van der Waals surface area (Å²) in [6.45, 7) is 1.74. The van der Waals surface area contributed by atoms with Gasteiger partial charge in [0, 0.05) is 0 Å². The smallest absolute Gasteiger partial charge is 0.301 e. The van der Waals surface area contributed by atoms with Crippen molar-refractivity contribution in [3.05, 3.63) is 34.8 Å². The molecule has 0 atom stereocenters. The van der Waals surface area contributed by atoms with Gasteiger partial charge in [-0.3, -0.25) is 10.1 Å². The van der Waals surface area contributed by atoms with E-state index < -0.39 is 5.91 Å². The summed E-state index contributed by atoms with van der Waals surface area (Å²) in [5, 5.41) is 2.64. The predicted octanol–water partition coefficient (Wildman–Crippen LogP) is 1.57. The van der Waals surface area contributed by atoms with Gasteiger partial charge < -0.3 is 9.84 Å². The molecular weight excluding hydrogens is 258 g/mol. The normalized spacial score (nSPS) is 10.2. The Morgan fingerprint density at radius 2 is 2.22 bits per heavy atom. The largest absolute Gasteiger partial charge is 0.432 e. The van der Waals surface area contributed by atoms with Crippen LogP contribution in [0.5, 0.6) is 0 Å². The lowest BCUT2D eigenvalue weighted by molar-refractivity contribution is 0.101. The van der Waals surface area contributed by atoms with Crippen molar-refractivity contribution in [3.63, 3.8) is 0 Å². The minimum Gasteiger partial charge on any atom is -0.432 e. The second kappa shape index (κ2) is 5.03. The SMILES string of the molecule is Cc1coc(NC(=O)c2nc(NN)ccc2Cl)n1. The predicted molar refractivity (Wildman–Crippen MR) is 66.3 cm³/mol. The van der Waals surface area contributed by atoms with Gasteiger partial charge in [-0.15, -0.1) is 0 Å². The third-order valence-electron chi connectivity index (χ3n) is 2.05. The third kappa shape index (κ3) is 2.58. The lowest BCUT2D eigenvalue weighted by Crippen LogP contribution is -2.17. The van der Waals surface area contributed by atoms with E-state index in [9.17, 15) is 4.79 Å². The molecule has 0 unspecified atom stereocenters. The van der Waals surface area contributed by atoms with Crippen molar-refractivity contribution in [1.82, 2.24) is 9.97 Å². The zero-order valence-electron chi connectivity index (χ0n) is 9.40. The highest BCUT2D eigenvalue weighted by molar-refractivity contribution is 6.34. The topological polar surface area (TPSA) is 106 Å². The van der Waals surface area contributed by atoms with Crippen molar-refractivity contribution in [1.29, 1.82) is 0 Å². The second-order valence-electron chi connectivity index (χ2n) is 3.42. The molecule has 18 heavy (non-hydrogen) atoms. The van der Waals surface area contributed by atoms with Crippen LogP contribution in [0.3, 0.4) is 0 Å². The summed E-state index contributed by atoms with van der Waals surface area (Å²) in [6, 6.07) is 3.15. The van der Waals surface area contributed by atoms with Crippen LogP contribution < -0.4 is 16.6 Å². The molecule has 7 nitrogen and oxygen atoms in total. The van der Waals surface area contributed by atoms with Crippen LogP contribution in [0.4, 0.5) is 11.8 Å². The van der Waals surface area contributed by atoms with Gasteiger partial charge in [0.25, 0.3) is 5.91 Å². The maximum absolute atomic E-state index is 11.9. The van der Waals surface area contributed by atoms with Crippen LogP contribution >= 0.6 is 11.6 Å². The van der Waals surface area contributed by atoms with Crippen LogP contribution in [0.2, 0.25) is 5.02 Å². The van der Waals surface area contributed by atoms with E-state index in [2.05, 4.69) is 20.7 Å². The summed E-state index contributed by atoms with van der Waals surface area (Å²) in [4.78, 5) is 19.8. The molecule has 0 spiro atoms. The van der Waals surface area contributed by atoms with E-state index in [-0.39, 0.29) is 16.7 Å². The zero-order valence-corrected chi connectivity index (χ0v) is 10.2. The Bertz CT molecular complexity index is 583. The van der Waals surface area contributed by atoms with Gasteiger partial charge in [-0.25, -0.2) is 10.8 Å². The highest BCUT2D eigenvalue weighted by Crippen LogP contribution is 2.17. The summed E-state index contributed by atoms with van der Waals surface area (Å²) >= 11 is 5.88. The van der Waals surface area contributed by atoms with Gasteiger partial charge in [0.2, 0.25) is 0 Å². The molecule has 0 aliphatic rings. The highest BCUT2D eigenvalue weighted by Gasteiger charge is 2.15. The first kappa shape index (κ1) is 12.3. The molecule has 0 aliphatic heterocycles. The van der Waals surface area contributed by atoms with E-state index in [1.165, 1.54) is 12.3 Å². The summed E-state index contributed by atoms with van der Waals surface area (Å²) in [6.07, 6.45) is 1.42. The van der Waals surface area contributed by atoms with E-state index >= 15 is 0 Å². The number of anilines is 2. The molecule has 0 fully saturated rings. The molecule has 2 aromatic rings. The third-order valence-corrected chi connectivity index (χ3v) is 2.35. The molecule has 0 bridgehead atoms. The van der Waals surface area contributed by atoms with Crippen LogP contribution in [-0.4, -0.2) is 15.9 Å². The molecule has 0 saturated carbocycles. The minimum atomic E-state index is -0.529. The number of pyridine rings is 1. The second-order valence-corrected chi connectivity index (χ2v) is 3.83. The van der Waals surface area contributed by atoms with Crippen molar-refractivity contribution < 1.29 is 9.21 Å². The number of nitrogens with two attached hydrogens (primary N) is 1. The Balaban J connectivity index is 2.23. The maximum Gasteiger partial charge on any atom is 0.301 e. The first-order chi connectivity index (χ1) is 8.60. The van der Waals surface area contributed by atoms with Crippen molar-refractivity contribution >= 4 is 29.3 Å². The fourth-order valence-corrected chi connectivity index (χ4v) is 1.44. The van der Waals surface area contributed by atoms with Crippen LogP contribution in [0.25, 0.3) is 0 Å². The summed E-state index contributed by atoms with van der Waals surface area (Å²) in [7, 11) is 0. The molecule has 0 aromatic carbocycles. The number of rotatable bonds is 3. The van der Waals surface area contributed by atoms with E-state index in [0.29, 0.717) is 11.5 Å². The molecular formula is C10H10ClN5O2. The van der Waals surface area contributed by atoms with Crippen LogP contribution in [0.15, 0.2) is 22.8 Å². The van der Waals surface area contributed by atoms with E-state index in [1.54, 1.807) is 13.0 Å². The molecule has 2 heterocycles. The molecule has 4 N–H and O–H groups in total. The fourth-order valence-electron chi connectivity index (χ4n) is 1.25. The number of aromatic nitrogens is 2. The van der Waals surface area contributed by atoms with Gasteiger partial charge in [0.15, 0.2) is 0 Å². The minimum absolute atomic E-state index is 0.0305. The Labute approximate surface area is 107 Å². The summed E-state index contributed by atoms with van der Waals surface area (Å²) < 4.78 is 5.00. The van der Waals surface area contributed by atoms with Crippen LogP contribution in [-0.2, 0) is 0 Å². The number of carbonyl (C=O) groups is 1. The van der Waals surface area contributed by atoms with Gasteiger partial charge >= 0.3 is 6.01 Å². The van der Waals surface area contributed by atoms with Crippen molar-refractivity contribution in [2.24, 2.45) is 5.84 Å². The first-order valence-electron chi connectivity index (χ1n) is 4.97. The molecule has 1 amide bonds. The number of nitrogens with zero attached hydrogens (tertiary/aromatic N) is 2. The first-order valence-corrected chi connectivity index (χ1v) is 5.34.